The van der Waals surface area contributed by atoms with Crippen molar-refractivity contribution < 1.29 is 17.6 Å². The standard InChI is InChI=1S/C18H24FNO3S/c1-13-11-15(7-8-17(13)19)24(22,23)16-9-10-20(12-16)18(21)14-5-3-2-4-6-14/h7-8,11,14,16H,2-6,9-10,12H2,1H3. The number of hydrogen-bond acceptors (Lipinski definition) is 3. The lowest BCUT2D eigenvalue weighted by atomic mass is 9.88. The largest absolute Gasteiger partial charge is 0.341 e. The van der Waals surface area contributed by atoms with Crippen molar-refractivity contribution in [3.05, 3.63) is 29.6 Å². The molecule has 1 amide bonds. The maximum absolute atomic E-state index is 13.4. The number of carbonyl (C=O) groups excluding carboxylic acids is 1. The molecule has 1 heterocycles. The summed E-state index contributed by atoms with van der Waals surface area (Å²) >= 11 is 0. The van der Waals surface area contributed by atoms with Crippen molar-refractivity contribution in [2.45, 2.75) is 55.6 Å². The highest BCUT2D eigenvalue weighted by molar-refractivity contribution is 7.92. The predicted molar refractivity (Wildman–Crippen MR) is 89.9 cm³/mol. The van der Waals surface area contributed by atoms with Gasteiger partial charge in [-0.15, -0.1) is 0 Å². The van der Waals surface area contributed by atoms with E-state index in [0.717, 1.165) is 25.7 Å². The lowest BCUT2D eigenvalue weighted by molar-refractivity contribution is -0.135. The number of hydrogen-bond donors (Lipinski definition) is 0. The minimum atomic E-state index is -3.54. The molecule has 1 atom stereocenters. The van der Waals surface area contributed by atoms with E-state index in [-0.39, 0.29) is 23.3 Å². The highest BCUT2D eigenvalue weighted by Crippen LogP contribution is 2.30. The summed E-state index contributed by atoms with van der Waals surface area (Å²) in [5.41, 5.74) is 0.323. The second-order valence-corrected chi connectivity index (χ2v) is 9.21. The van der Waals surface area contributed by atoms with E-state index >= 15 is 0 Å². The van der Waals surface area contributed by atoms with E-state index in [4.69, 9.17) is 0 Å². The van der Waals surface area contributed by atoms with Gasteiger partial charge in [-0.2, -0.15) is 0 Å². The highest BCUT2D eigenvalue weighted by Gasteiger charge is 2.38. The van der Waals surface area contributed by atoms with Crippen LogP contribution in [0.15, 0.2) is 23.1 Å². The molecule has 24 heavy (non-hydrogen) atoms. The van der Waals surface area contributed by atoms with Crippen LogP contribution in [0.25, 0.3) is 0 Å². The van der Waals surface area contributed by atoms with Crippen LogP contribution in [0.4, 0.5) is 4.39 Å². The normalized spacial score (nSPS) is 22.8. The molecule has 0 bridgehead atoms. The molecule has 6 heteroatoms. The SMILES string of the molecule is Cc1cc(S(=O)(=O)C2CCN(C(=O)C3CCCCC3)C2)ccc1F. The summed E-state index contributed by atoms with van der Waals surface area (Å²) in [6.45, 7) is 2.31. The van der Waals surface area contributed by atoms with E-state index in [1.54, 1.807) is 11.8 Å². The van der Waals surface area contributed by atoms with Gasteiger partial charge in [-0.05, 0) is 49.9 Å². The number of amides is 1. The molecular weight excluding hydrogens is 329 g/mol. The first-order valence-corrected chi connectivity index (χ1v) is 10.2. The maximum Gasteiger partial charge on any atom is 0.225 e. The quantitative estimate of drug-likeness (QED) is 0.785. The van der Waals surface area contributed by atoms with Gasteiger partial charge in [0.1, 0.15) is 5.82 Å². The summed E-state index contributed by atoms with van der Waals surface area (Å²) in [6, 6.07) is 3.90. The Morgan fingerprint density at radius 2 is 1.88 bits per heavy atom. The van der Waals surface area contributed by atoms with Crippen molar-refractivity contribution in [2.24, 2.45) is 5.92 Å². The molecule has 1 aromatic rings. The van der Waals surface area contributed by atoms with Crippen LogP contribution in [0.2, 0.25) is 0 Å². The molecule has 132 valence electrons. The van der Waals surface area contributed by atoms with Gasteiger partial charge in [0.05, 0.1) is 10.1 Å². The Kier molecular flexibility index (Phi) is 4.95. The second-order valence-electron chi connectivity index (χ2n) is 6.99. The van der Waals surface area contributed by atoms with Crippen LogP contribution < -0.4 is 0 Å². The van der Waals surface area contributed by atoms with Crippen LogP contribution in [0, 0.1) is 18.7 Å². The third-order valence-corrected chi connectivity index (χ3v) is 7.48. The van der Waals surface area contributed by atoms with Gasteiger partial charge in [-0.1, -0.05) is 19.3 Å². The molecule has 1 aliphatic carbocycles. The van der Waals surface area contributed by atoms with Gasteiger partial charge < -0.3 is 4.90 Å². The molecule has 1 unspecified atom stereocenters. The summed E-state index contributed by atoms with van der Waals surface area (Å²) in [5.74, 6) is -0.231. The Morgan fingerprint density at radius 3 is 2.54 bits per heavy atom. The minimum Gasteiger partial charge on any atom is -0.341 e. The van der Waals surface area contributed by atoms with E-state index in [2.05, 4.69) is 0 Å². The molecule has 4 nitrogen and oxygen atoms in total. The van der Waals surface area contributed by atoms with Crippen LogP contribution in [-0.4, -0.2) is 37.6 Å². The van der Waals surface area contributed by atoms with Crippen molar-refractivity contribution in [2.75, 3.05) is 13.1 Å². The van der Waals surface area contributed by atoms with Gasteiger partial charge in [0.2, 0.25) is 5.91 Å². The molecule has 1 aliphatic heterocycles. The topological polar surface area (TPSA) is 54.5 Å². The van der Waals surface area contributed by atoms with Gasteiger partial charge in [-0.3, -0.25) is 4.79 Å². The number of aryl methyl sites for hydroxylation is 1. The fraction of sp³-hybridized carbons (Fsp3) is 0.611. The molecule has 1 saturated heterocycles. The first-order chi connectivity index (χ1) is 11.4. The molecule has 3 rings (SSSR count). The van der Waals surface area contributed by atoms with Crippen LogP contribution >= 0.6 is 0 Å². The average molecular weight is 353 g/mol. The van der Waals surface area contributed by atoms with E-state index < -0.39 is 20.9 Å². The molecule has 1 saturated carbocycles. The summed E-state index contributed by atoms with van der Waals surface area (Å²) < 4.78 is 39.0. The number of nitrogens with zero attached hydrogens (tertiary/aromatic N) is 1. The molecule has 2 aliphatic rings. The lowest BCUT2D eigenvalue weighted by Gasteiger charge is -2.26. The van der Waals surface area contributed by atoms with Crippen molar-refractivity contribution in [3.8, 4) is 0 Å². The fourth-order valence-electron chi connectivity index (χ4n) is 3.78. The van der Waals surface area contributed by atoms with E-state index in [1.807, 2.05) is 0 Å². The summed E-state index contributed by atoms with van der Waals surface area (Å²) in [4.78, 5) is 14.5. The minimum absolute atomic E-state index is 0.0632. The van der Waals surface area contributed by atoms with Gasteiger partial charge in [0.15, 0.2) is 9.84 Å². The van der Waals surface area contributed by atoms with Gasteiger partial charge >= 0.3 is 0 Å². The molecule has 0 aromatic heterocycles. The summed E-state index contributed by atoms with van der Waals surface area (Å²) in [6.07, 6.45) is 5.65. The van der Waals surface area contributed by atoms with E-state index in [1.165, 1.54) is 24.6 Å². The Balaban J connectivity index is 1.72. The average Bonchev–Trinajstić information content (AvgIpc) is 3.08. The number of benzene rings is 1. The second kappa shape index (κ2) is 6.82. The van der Waals surface area contributed by atoms with Crippen LogP contribution in [0.3, 0.4) is 0 Å². The Labute approximate surface area is 143 Å². The highest BCUT2D eigenvalue weighted by atomic mass is 32.2. The van der Waals surface area contributed by atoms with Crippen LogP contribution in [-0.2, 0) is 14.6 Å². The van der Waals surface area contributed by atoms with Gasteiger partial charge in [0, 0.05) is 19.0 Å². The molecular formula is C18H24FNO3S. The van der Waals surface area contributed by atoms with Gasteiger partial charge in [-0.25, -0.2) is 12.8 Å². The van der Waals surface area contributed by atoms with Crippen LogP contribution in [0.5, 0.6) is 0 Å². The van der Waals surface area contributed by atoms with Crippen LogP contribution in [0.1, 0.15) is 44.1 Å². The third kappa shape index (κ3) is 3.34. The number of halogens is 1. The van der Waals surface area contributed by atoms with E-state index in [9.17, 15) is 17.6 Å². The lowest BCUT2D eigenvalue weighted by Crippen LogP contribution is -2.37. The molecule has 0 N–H and O–H groups in total. The number of carbonyl (C=O) groups is 1. The third-order valence-electron chi connectivity index (χ3n) is 5.31. The first-order valence-electron chi connectivity index (χ1n) is 8.68. The Hall–Kier alpha value is -1.43. The fourth-order valence-corrected chi connectivity index (χ4v) is 5.55. The van der Waals surface area contributed by atoms with Crippen molar-refractivity contribution in [1.29, 1.82) is 0 Å². The zero-order valence-electron chi connectivity index (χ0n) is 14.0. The summed E-state index contributed by atoms with van der Waals surface area (Å²) in [5, 5.41) is -0.588. The zero-order valence-corrected chi connectivity index (χ0v) is 14.8. The zero-order chi connectivity index (χ0) is 17.3. The van der Waals surface area contributed by atoms with Crippen molar-refractivity contribution in [1.82, 2.24) is 4.90 Å². The first kappa shape index (κ1) is 17.4. The maximum atomic E-state index is 13.4. The Bertz CT molecular complexity index is 726. The van der Waals surface area contributed by atoms with E-state index in [0.29, 0.717) is 18.5 Å². The molecule has 2 fully saturated rings. The molecule has 0 radical (unpaired) electrons. The number of rotatable bonds is 3. The summed E-state index contributed by atoms with van der Waals surface area (Å²) in [7, 11) is -3.54. The Morgan fingerprint density at radius 1 is 1.17 bits per heavy atom. The molecule has 1 aromatic carbocycles. The molecule has 0 spiro atoms. The number of sulfone groups is 1. The number of likely N-dealkylation sites (tertiary alicyclic amines) is 1. The van der Waals surface area contributed by atoms with Crippen molar-refractivity contribution in [3.63, 3.8) is 0 Å². The predicted octanol–water partition coefficient (Wildman–Crippen LogP) is 3.09. The monoisotopic (exact) mass is 353 g/mol. The van der Waals surface area contributed by atoms with Gasteiger partial charge in [0.25, 0.3) is 0 Å². The van der Waals surface area contributed by atoms with Crippen molar-refractivity contribution >= 4 is 15.7 Å². The smallest absolute Gasteiger partial charge is 0.225 e.